The van der Waals surface area contributed by atoms with Gasteiger partial charge in [0.2, 0.25) is 0 Å². The molecule has 9 heteroatoms. The predicted octanol–water partition coefficient (Wildman–Crippen LogP) is 4.76. The summed E-state index contributed by atoms with van der Waals surface area (Å²) in [5, 5.41) is 25.0. The molecule has 0 bridgehead atoms. The molecule has 0 amide bonds. The number of rotatable bonds is 2. The molecular formula is C19H10F4N4O. The van der Waals surface area contributed by atoms with E-state index in [1.807, 2.05) is 6.07 Å². The molecule has 2 aromatic heterocycles. The number of nitriles is 1. The van der Waals surface area contributed by atoms with Crippen LogP contribution in [0.3, 0.4) is 0 Å². The lowest BCUT2D eigenvalue weighted by molar-refractivity contribution is -0.140. The number of para-hydroxylation sites is 1. The maximum absolute atomic E-state index is 14.6. The Morgan fingerprint density at radius 3 is 2.57 bits per heavy atom. The monoisotopic (exact) mass is 386 g/mol. The van der Waals surface area contributed by atoms with Crippen molar-refractivity contribution in [2.75, 3.05) is 0 Å². The summed E-state index contributed by atoms with van der Waals surface area (Å²) in [6.07, 6.45) is -3.76. The highest BCUT2D eigenvalue weighted by Crippen LogP contribution is 2.42. The number of nitrogens with one attached hydrogen (secondary N) is 1. The fourth-order valence-electron chi connectivity index (χ4n) is 3.22. The number of alkyl halides is 3. The van der Waals surface area contributed by atoms with Gasteiger partial charge in [0.05, 0.1) is 28.0 Å². The van der Waals surface area contributed by atoms with Gasteiger partial charge < -0.3 is 9.67 Å². The number of aromatic nitrogens is 3. The SMILES string of the molecule is N#Cc1c(-c2c[nH]nc2C(F)(F)F)n(-c2ccc(O)cc2F)c2ccccc12. The smallest absolute Gasteiger partial charge is 0.435 e. The Hall–Kier alpha value is -3.80. The standard InChI is InChI=1S/C19H10F4N4O/c20-14-7-10(28)5-6-16(14)27-15-4-2-1-3-11(15)12(8-24)17(27)13-9-25-26-18(13)19(21,22)23/h1-7,9,28H,(H,25,26). The molecule has 28 heavy (non-hydrogen) atoms. The topological polar surface area (TPSA) is 77.6 Å². The number of hydrogen-bond acceptors (Lipinski definition) is 3. The summed E-state index contributed by atoms with van der Waals surface area (Å²) in [7, 11) is 0. The predicted molar refractivity (Wildman–Crippen MR) is 92.2 cm³/mol. The molecule has 2 N–H and O–H groups in total. The molecule has 0 unspecified atom stereocenters. The van der Waals surface area contributed by atoms with Crippen molar-refractivity contribution in [2.24, 2.45) is 0 Å². The second-order valence-corrected chi connectivity index (χ2v) is 5.97. The first kappa shape index (κ1) is 17.6. The molecule has 0 fully saturated rings. The maximum atomic E-state index is 14.6. The van der Waals surface area contributed by atoms with Gasteiger partial charge in [-0.2, -0.15) is 23.5 Å². The number of aromatic amines is 1. The summed E-state index contributed by atoms with van der Waals surface area (Å²) < 4.78 is 56.2. The van der Waals surface area contributed by atoms with E-state index in [1.165, 1.54) is 16.7 Å². The summed E-state index contributed by atoms with van der Waals surface area (Å²) in [6.45, 7) is 0. The van der Waals surface area contributed by atoms with E-state index in [9.17, 15) is 27.9 Å². The average molecular weight is 386 g/mol. The number of hydrogen-bond donors (Lipinski definition) is 2. The van der Waals surface area contributed by atoms with E-state index in [4.69, 9.17) is 0 Å². The van der Waals surface area contributed by atoms with E-state index in [1.54, 1.807) is 24.3 Å². The molecular weight excluding hydrogens is 376 g/mol. The van der Waals surface area contributed by atoms with Crippen molar-refractivity contribution in [1.29, 1.82) is 5.26 Å². The van der Waals surface area contributed by atoms with Crippen molar-refractivity contribution < 1.29 is 22.7 Å². The normalized spacial score (nSPS) is 11.7. The third kappa shape index (κ3) is 2.58. The van der Waals surface area contributed by atoms with Crippen molar-refractivity contribution in [3.05, 3.63) is 65.7 Å². The van der Waals surface area contributed by atoms with E-state index in [2.05, 4.69) is 10.2 Å². The molecule has 4 rings (SSSR count). The Morgan fingerprint density at radius 2 is 1.89 bits per heavy atom. The Kier molecular flexibility index (Phi) is 3.85. The van der Waals surface area contributed by atoms with Crippen LogP contribution < -0.4 is 0 Å². The van der Waals surface area contributed by atoms with E-state index in [-0.39, 0.29) is 28.3 Å². The molecule has 2 aromatic carbocycles. The zero-order valence-electron chi connectivity index (χ0n) is 13.9. The molecule has 0 spiro atoms. The molecule has 0 aliphatic heterocycles. The molecule has 4 aromatic rings. The summed E-state index contributed by atoms with van der Waals surface area (Å²) in [5.41, 5.74) is -1.56. The number of halogens is 4. The van der Waals surface area contributed by atoms with Gasteiger partial charge in [-0.05, 0) is 18.2 Å². The first-order valence-corrected chi connectivity index (χ1v) is 7.96. The highest BCUT2D eigenvalue weighted by molar-refractivity contribution is 5.96. The van der Waals surface area contributed by atoms with E-state index in [0.29, 0.717) is 10.9 Å². The lowest BCUT2D eigenvalue weighted by Gasteiger charge is -2.13. The third-order valence-corrected chi connectivity index (χ3v) is 4.32. The van der Waals surface area contributed by atoms with Crippen LogP contribution in [0.25, 0.3) is 27.8 Å². The van der Waals surface area contributed by atoms with Crippen molar-refractivity contribution >= 4 is 10.9 Å². The highest BCUT2D eigenvalue weighted by atomic mass is 19.4. The molecule has 0 aliphatic rings. The van der Waals surface area contributed by atoms with Crippen LogP contribution in [-0.4, -0.2) is 19.9 Å². The third-order valence-electron chi connectivity index (χ3n) is 4.32. The minimum Gasteiger partial charge on any atom is -0.508 e. The molecule has 5 nitrogen and oxygen atoms in total. The Morgan fingerprint density at radius 1 is 1.14 bits per heavy atom. The molecule has 0 saturated heterocycles. The van der Waals surface area contributed by atoms with Crippen LogP contribution in [0.4, 0.5) is 17.6 Å². The lowest BCUT2D eigenvalue weighted by atomic mass is 10.1. The van der Waals surface area contributed by atoms with Crippen LogP contribution in [0.1, 0.15) is 11.3 Å². The zero-order chi connectivity index (χ0) is 20.1. The van der Waals surface area contributed by atoms with Crippen molar-refractivity contribution in [1.82, 2.24) is 14.8 Å². The quantitative estimate of drug-likeness (QED) is 0.488. The fourth-order valence-corrected chi connectivity index (χ4v) is 3.22. The first-order chi connectivity index (χ1) is 13.3. The van der Waals surface area contributed by atoms with Gasteiger partial charge in [0.25, 0.3) is 0 Å². The van der Waals surface area contributed by atoms with E-state index < -0.39 is 17.7 Å². The second-order valence-electron chi connectivity index (χ2n) is 5.97. The fraction of sp³-hybridized carbons (Fsp3) is 0.0526. The summed E-state index contributed by atoms with van der Waals surface area (Å²) >= 11 is 0. The van der Waals surface area contributed by atoms with Crippen LogP contribution in [0, 0.1) is 17.1 Å². The molecule has 0 aliphatic carbocycles. The van der Waals surface area contributed by atoms with Gasteiger partial charge in [-0.25, -0.2) is 4.39 Å². The minimum atomic E-state index is -4.78. The zero-order valence-corrected chi connectivity index (χ0v) is 13.9. The van der Waals surface area contributed by atoms with Gasteiger partial charge in [-0.15, -0.1) is 0 Å². The summed E-state index contributed by atoms with van der Waals surface area (Å²) in [4.78, 5) is 0. The molecule has 140 valence electrons. The lowest BCUT2D eigenvalue weighted by Crippen LogP contribution is -2.09. The molecule has 0 radical (unpaired) electrons. The highest BCUT2D eigenvalue weighted by Gasteiger charge is 2.38. The van der Waals surface area contributed by atoms with Crippen LogP contribution in [0.5, 0.6) is 5.75 Å². The summed E-state index contributed by atoms with van der Waals surface area (Å²) in [5.74, 6) is -1.19. The van der Waals surface area contributed by atoms with Crippen LogP contribution in [0.2, 0.25) is 0 Å². The van der Waals surface area contributed by atoms with Gasteiger partial charge in [-0.3, -0.25) is 5.10 Å². The molecule has 0 saturated carbocycles. The second kappa shape index (κ2) is 6.13. The van der Waals surface area contributed by atoms with Crippen molar-refractivity contribution in [3.63, 3.8) is 0 Å². The van der Waals surface area contributed by atoms with E-state index >= 15 is 0 Å². The number of phenols is 1. The van der Waals surface area contributed by atoms with Crippen molar-refractivity contribution in [2.45, 2.75) is 6.18 Å². The van der Waals surface area contributed by atoms with Gasteiger partial charge in [0.15, 0.2) is 11.5 Å². The minimum absolute atomic E-state index is 0.0463. The summed E-state index contributed by atoms with van der Waals surface area (Å²) in [6, 6.07) is 11.6. The van der Waals surface area contributed by atoms with Gasteiger partial charge in [0, 0.05) is 17.6 Å². The Bertz CT molecular complexity index is 1250. The largest absolute Gasteiger partial charge is 0.508 e. The number of aromatic hydroxyl groups is 1. The number of fused-ring (bicyclic) bond motifs is 1. The molecule has 2 heterocycles. The van der Waals surface area contributed by atoms with Gasteiger partial charge in [0.1, 0.15) is 11.8 Å². The number of phenolic OH excluding ortho intramolecular Hbond substituents is 1. The molecule has 0 atom stereocenters. The first-order valence-electron chi connectivity index (χ1n) is 7.96. The Labute approximate surface area is 155 Å². The van der Waals surface area contributed by atoms with E-state index in [0.717, 1.165) is 12.3 Å². The van der Waals surface area contributed by atoms with Crippen LogP contribution >= 0.6 is 0 Å². The average Bonchev–Trinajstić information content (AvgIpc) is 3.24. The maximum Gasteiger partial charge on any atom is 0.435 e. The number of H-pyrrole nitrogens is 1. The van der Waals surface area contributed by atoms with Crippen LogP contribution in [0.15, 0.2) is 48.7 Å². The number of nitrogens with zero attached hydrogens (tertiary/aromatic N) is 3. The van der Waals surface area contributed by atoms with Gasteiger partial charge >= 0.3 is 6.18 Å². The van der Waals surface area contributed by atoms with Gasteiger partial charge in [-0.1, -0.05) is 18.2 Å². The van der Waals surface area contributed by atoms with Crippen molar-refractivity contribution in [3.8, 4) is 28.8 Å². The Balaban J connectivity index is 2.18. The number of benzene rings is 2. The van der Waals surface area contributed by atoms with Crippen LogP contribution in [-0.2, 0) is 6.18 Å².